The van der Waals surface area contributed by atoms with Gasteiger partial charge >= 0.3 is 6.03 Å². The van der Waals surface area contributed by atoms with Crippen LogP contribution in [-0.4, -0.2) is 21.7 Å². The molecule has 130 valence electrons. The second kappa shape index (κ2) is 6.68. The first-order chi connectivity index (χ1) is 12.6. The number of ketones is 1. The Kier molecular flexibility index (Phi) is 4.22. The van der Waals surface area contributed by atoms with Crippen molar-refractivity contribution >= 4 is 39.1 Å². The minimum absolute atomic E-state index is 0.0746. The van der Waals surface area contributed by atoms with E-state index >= 15 is 0 Å². The molecule has 1 N–H and O–H groups in total. The van der Waals surface area contributed by atoms with Crippen LogP contribution in [0.15, 0.2) is 60.3 Å². The number of nitrogens with one attached hydrogen (secondary N) is 1. The molecule has 1 aliphatic rings. The predicted molar refractivity (Wildman–Crippen MR) is 98.4 cm³/mol. The fourth-order valence-corrected chi connectivity index (χ4v) is 3.63. The normalized spacial score (nSPS) is 16.9. The molecule has 0 spiro atoms. The van der Waals surface area contributed by atoms with Crippen LogP contribution in [0, 0.1) is 5.82 Å². The molecule has 1 aliphatic heterocycles. The zero-order valence-corrected chi connectivity index (χ0v) is 14.4. The van der Waals surface area contributed by atoms with Gasteiger partial charge in [0.05, 0.1) is 21.8 Å². The lowest BCUT2D eigenvalue weighted by atomic mass is 9.97. The molecule has 1 unspecified atom stereocenters. The first-order valence-corrected chi connectivity index (χ1v) is 8.87. The number of anilines is 1. The Bertz CT molecular complexity index is 1010. The van der Waals surface area contributed by atoms with E-state index in [1.807, 2.05) is 12.1 Å². The molecule has 3 aromatic rings. The highest BCUT2D eigenvalue weighted by Gasteiger charge is 2.28. The number of thiazole rings is 1. The van der Waals surface area contributed by atoms with E-state index in [0.29, 0.717) is 11.3 Å². The molecule has 1 aromatic heterocycles. The summed E-state index contributed by atoms with van der Waals surface area (Å²) in [5.41, 5.74) is 3.98. The fraction of sp³-hybridized carbons (Fsp3) is 0.105. The first kappa shape index (κ1) is 16.4. The maximum Gasteiger partial charge on any atom is 0.326 e. The third-order valence-corrected chi connectivity index (χ3v) is 5.01. The number of aromatic nitrogens is 1. The summed E-state index contributed by atoms with van der Waals surface area (Å²) in [7, 11) is 0. The maximum atomic E-state index is 13.2. The predicted octanol–water partition coefficient (Wildman–Crippen LogP) is 4.50. The van der Waals surface area contributed by atoms with E-state index in [2.05, 4.69) is 10.3 Å². The van der Waals surface area contributed by atoms with E-state index in [9.17, 15) is 14.0 Å². The Morgan fingerprint density at radius 3 is 2.85 bits per heavy atom. The topological polar surface area (TPSA) is 62.3 Å². The van der Waals surface area contributed by atoms with Crippen LogP contribution in [0.25, 0.3) is 10.2 Å². The number of hydrogen-bond acceptors (Lipinski definition) is 4. The molecular weight excluding hydrogens is 353 g/mol. The van der Waals surface area contributed by atoms with Crippen LogP contribution in [0.3, 0.4) is 0 Å². The molecule has 26 heavy (non-hydrogen) atoms. The molecule has 2 amide bonds. The van der Waals surface area contributed by atoms with Crippen molar-refractivity contribution < 1.29 is 14.0 Å². The van der Waals surface area contributed by atoms with Crippen LogP contribution < -0.4 is 5.32 Å². The first-order valence-electron chi connectivity index (χ1n) is 7.99. The number of amides is 2. The Balaban J connectivity index is 1.60. The lowest BCUT2D eigenvalue weighted by Gasteiger charge is -2.31. The fourth-order valence-electron chi connectivity index (χ4n) is 2.92. The summed E-state index contributed by atoms with van der Waals surface area (Å²) in [4.78, 5) is 30.3. The quantitative estimate of drug-likeness (QED) is 0.725. The summed E-state index contributed by atoms with van der Waals surface area (Å²) >= 11 is 1.49. The van der Waals surface area contributed by atoms with Crippen molar-refractivity contribution in [3.63, 3.8) is 0 Å². The van der Waals surface area contributed by atoms with E-state index in [0.717, 1.165) is 10.2 Å². The van der Waals surface area contributed by atoms with Gasteiger partial charge in [-0.25, -0.2) is 14.2 Å². The Morgan fingerprint density at radius 1 is 1.23 bits per heavy atom. The van der Waals surface area contributed by atoms with E-state index in [1.165, 1.54) is 40.6 Å². The van der Waals surface area contributed by atoms with Crippen molar-refractivity contribution in [1.82, 2.24) is 9.88 Å². The molecule has 2 heterocycles. The van der Waals surface area contributed by atoms with Gasteiger partial charge in [-0.05, 0) is 42.0 Å². The third-order valence-electron chi connectivity index (χ3n) is 4.22. The van der Waals surface area contributed by atoms with E-state index in [1.54, 1.807) is 23.7 Å². The number of fused-ring (bicyclic) bond motifs is 1. The molecule has 0 bridgehead atoms. The van der Waals surface area contributed by atoms with Crippen LogP contribution in [0.1, 0.15) is 18.0 Å². The number of halogens is 1. The molecule has 2 aromatic carbocycles. The Hall–Kier alpha value is -3.06. The van der Waals surface area contributed by atoms with Crippen LogP contribution >= 0.6 is 11.3 Å². The molecule has 1 atom stereocenters. The molecule has 0 saturated carbocycles. The summed E-state index contributed by atoms with van der Waals surface area (Å²) in [5, 5.41) is 2.85. The van der Waals surface area contributed by atoms with Gasteiger partial charge in [-0.3, -0.25) is 9.69 Å². The van der Waals surface area contributed by atoms with Crippen molar-refractivity contribution in [2.75, 3.05) is 5.32 Å². The Morgan fingerprint density at radius 2 is 2.04 bits per heavy atom. The standard InChI is InChI=1S/C19H14FN3O2S/c20-13-3-1-12(2-4-13)17-10-15(24)7-8-23(17)19(25)22-14-5-6-16-18(9-14)26-11-21-16/h1-9,11,17H,10H2,(H,22,25). The number of allylic oxidation sites excluding steroid dienone is 1. The molecule has 0 fully saturated rings. The van der Waals surface area contributed by atoms with Crippen molar-refractivity contribution in [2.24, 2.45) is 0 Å². The van der Waals surface area contributed by atoms with Gasteiger partial charge < -0.3 is 5.32 Å². The minimum atomic E-state index is -0.472. The second-order valence-electron chi connectivity index (χ2n) is 5.93. The van der Waals surface area contributed by atoms with E-state index < -0.39 is 6.04 Å². The monoisotopic (exact) mass is 367 g/mol. The van der Waals surface area contributed by atoms with Crippen molar-refractivity contribution in [3.05, 3.63) is 71.6 Å². The molecule has 7 heteroatoms. The lowest BCUT2D eigenvalue weighted by Crippen LogP contribution is -2.37. The van der Waals surface area contributed by atoms with Crippen molar-refractivity contribution in [2.45, 2.75) is 12.5 Å². The van der Waals surface area contributed by atoms with Crippen molar-refractivity contribution in [1.29, 1.82) is 0 Å². The summed E-state index contributed by atoms with van der Waals surface area (Å²) in [6, 6.07) is 10.5. The van der Waals surface area contributed by atoms with Gasteiger partial charge in [0.1, 0.15) is 5.82 Å². The SMILES string of the molecule is O=C1C=CN(C(=O)Nc2ccc3ncsc3c2)C(c2ccc(F)cc2)C1. The molecule has 0 radical (unpaired) electrons. The van der Waals surface area contributed by atoms with E-state index in [-0.39, 0.29) is 24.1 Å². The zero-order valence-electron chi connectivity index (χ0n) is 13.6. The number of carbonyl (C=O) groups excluding carboxylic acids is 2. The summed E-state index contributed by atoms with van der Waals surface area (Å²) < 4.78 is 14.2. The molecule has 5 nitrogen and oxygen atoms in total. The summed E-state index contributed by atoms with van der Waals surface area (Å²) in [6.07, 6.45) is 3.01. The Labute approximate surface area is 152 Å². The summed E-state index contributed by atoms with van der Waals surface area (Å²) in [5.74, 6) is -0.435. The third kappa shape index (κ3) is 3.21. The van der Waals surface area contributed by atoms with Gasteiger partial charge in [0.15, 0.2) is 5.78 Å². The maximum absolute atomic E-state index is 13.2. The van der Waals surface area contributed by atoms with Crippen molar-refractivity contribution in [3.8, 4) is 0 Å². The largest absolute Gasteiger partial charge is 0.326 e. The lowest BCUT2D eigenvalue weighted by molar-refractivity contribution is -0.116. The summed E-state index contributed by atoms with van der Waals surface area (Å²) in [6.45, 7) is 0. The molecule has 4 rings (SSSR count). The van der Waals surface area contributed by atoms with Gasteiger partial charge in [-0.15, -0.1) is 11.3 Å². The van der Waals surface area contributed by atoms with Crippen LogP contribution in [-0.2, 0) is 4.79 Å². The van der Waals surface area contributed by atoms with Gasteiger partial charge in [0.2, 0.25) is 0 Å². The number of nitrogens with zero attached hydrogens (tertiary/aromatic N) is 2. The van der Waals surface area contributed by atoms with Gasteiger partial charge in [-0.1, -0.05) is 12.1 Å². The van der Waals surface area contributed by atoms with E-state index in [4.69, 9.17) is 0 Å². The zero-order chi connectivity index (χ0) is 18.1. The van der Waals surface area contributed by atoms with Crippen LogP contribution in [0.5, 0.6) is 0 Å². The number of benzene rings is 2. The number of carbonyl (C=O) groups is 2. The molecule has 0 saturated heterocycles. The second-order valence-corrected chi connectivity index (χ2v) is 6.81. The number of hydrogen-bond donors (Lipinski definition) is 1. The highest BCUT2D eigenvalue weighted by atomic mass is 32.1. The minimum Gasteiger partial charge on any atom is -0.307 e. The highest BCUT2D eigenvalue weighted by Crippen LogP contribution is 2.30. The highest BCUT2D eigenvalue weighted by molar-refractivity contribution is 7.16. The average Bonchev–Trinajstić information content (AvgIpc) is 3.10. The van der Waals surface area contributed by atoms with Gasteiger partial charge in [-0.2, -0.15) is 0 Å². The van der Waals surface area contributed by atoms with Gasteiger partial charge in [0, 0.05) is 18.3 Å². The molecule has 0 aliphatic carbocycles. The number of rotatable bonds is 2. The molecular formula is C19H14FN3O2S. The average molecular weight is 367 g/mol. The van der Waals surface area contributed by atoms with Gasteiger partial charge in [0.25, 0.3) is 0 Å². The van der Waals surface area contributed by atoms with Crippen LogP contribution in [0.4, 0.5) is 14.9 Å². The smallest absolute Gasteiger partial charge is 0.307 e. The number of urea groups is 1. The van der Waals surface area contributed by atoms with Crippen LogP contribution in [0.2, 0.25) is 0 Å².